The van der Waals surface area contributed by atoms with Crippen LogP contribution in [0.15, 0.2) is 70.9 Å². The lowest BCUT2D eigenvalue weighted by Gasteiger charge is -2.08. The number of carbonyl (C=O) groups excluding carboxylic acids is 1. The van der Waals surface area contributed by atoms with E-state index in [1.165, 1.54) is 26.4 Å². The number of nitrogens with one attached hydrogen (secondary N) is 2. The first-order valence-electron chi connectivity index (χ1n) is 10.3. The van der Waals surface area contributed by atoms with Crippen LogP contribution in [-0.2, 0) is 0 Å². The molecule has 0 aromatic heterocycles. The van der Waals surface area contributed by atoms with E-state index in [1.54, 1.807) is 62.4 Å². The third-order valence-corrected chi connectivity index (χ3v) is 5.01. The van der Waals surface area contributed by atoms with E-state index in [1.807, 2.05) is 0 Å². The highest BCUT2D eigenvalue weighted by Crippen LogP contribution is 2.25. The molecule has 176 valence electrons. The Hall–Kier alpha value is -4.53. The Balaban J connectivity index is 1.63. The lowest BCUT2D eigenvalue weighted by atomic mass is 10.1. The molecule has 1 amide bonds. The highest BCUT2D eigenvalue weighted by atomic mass is 16.5. The van der Waals surface area contributed by atoms with Crippen molar-refractivity contribution in [1.29, 1.82) is 0 Å². The first kappa shape index (κ1) is 24.1. The van der Waals surface area contributed by atoms with Crippen molar-refractivity contribution in [2.24, 2.45) is 10.2 Å². The molecule has 4 N–H and O–H groups in total. The maximum atomic E-state index is 12.4. The second-order valence-corrected chi connectivity index (χ2v) is 7.29. The Labute approximate surface area is 197 Å². The molecule has 0 spiro atoms. The Bertz CT molecular complexity index is 1240. The molecule has 0 unspecified atom stereocenters. The molecular formula is C25H26N4O5. The molecule has 0 aliphatic rings. The number of anilines is 1. The number of amides is 1. The van der Waals surface area contributed by atoms with Crippen molar-refractivity contribution in [3.8, 4) is 23.0 Å². The summed E-state index contributed by atoms with van der Waals surface area (Å²) >= 11 is 0. The van der Waals surface area contributed by atoms with Crippen LogP contribution in [-0.4, -0.2) is 41.8 Å². The van der Waals surface area contributed by atoms with E-state index >= 15 is 0 Å². The minimum atomic E-state index is -0.401. The number of ether oxygens (including phenoxy) is 2. The standard InChI is InChI=1S/C25H26N4O5/c1-15(21-11-9-19(33-3)13-23(21)30)26-28-18-7-5-17(6-8-18)25(32)29-27-16(2)22-12-10-20(34-4)14-24(22)31/h5-14,28,30-31H,1-4H3,(H,29,32). The number of phenols is 2. The Morgan fingerprint density at radius 3 is 1.74 bits per heavy atom. The number of hydrogen-bond acceptors (Lipinski definition) is 8. The second-order valence-electron chi connectivity index (χ2n) is 7.29. The topological polar surface area (TPSA) is 125 Å². The number of aromatic hydroxyl groups is 2. The minimum Gasteiger partial charge on any atom is -0.507 e. The third-order valence-electron chi connectivity index (χ3n) is 5.01. The summed E-state index contributed by atoms with van der Waals surface area (Å²) in [5, 5.41) is 28.6. The molecule has 0 aliphatic heterocycles. The fourth-order valence-electron chi connectivity index (χ4n) is 3.05. The number of phenolic OH excluding ortho intramolecular Hbond substituents is 2. The van der Waals surface area contributed by atoms with Gasteiger partial charge in [0.25, 0.3) is 5.91 Å². The summed E-state index contributed by atoms with van der Waals surface area (Å²) in [5.74, 6) is 0.738. The maximum Gasteiger partial charge on any atom is 0.271 e. The zero-order chi connectivity index (χ0) is 24.7. The van der Waals surface area contributed by atoms with Gasteiger partial charge in [-0.15, -0.1) is 0 Å². The van der Waals surface area contributed by atoms with E-state index in [-0.39, 0.29) is 11.5 Å². The van der Waals surface area contributed by atoms with E-state index in [9.17, 15) is 15.0 Å². The lowest BCUT2D eigenvalue weighted by molar-refractivity contribution is 0.0955. The van der Waals surface area contributed by atoms with Gasteiger partial charge in [-0.25, -0.2) is 5.43 Å². The highest BCUT2D eigenvalue weighted by molar-refractivity contribution is 6.03. The Kier molecular flexibility index (Phi) is 7.71. The number of nitrogens with zero attached hydrogens (tertiary/aromatic N) is 2. The van der Waals surface area contributed by atoms with Crippen molar-refractivity contribution >= 4 is 23.0 Å². The Morgan fingerprint density at radius 2 is 1.26 bits per heavy atom. The zero-order valence-electron chi connectivity index (χ0n) is 19.3. The van der Waals surface area contributed by atoms with Crippen LogP contribution in [0.4, 0.5) is 5.69 Å². The van der Waals surface area contributed by atoms with Gasteiger partial charge in [0.05, 0.1) is 31.3 Å². The van der Waals surface area contributed by atoms with Gasteiger partial charge in [-0.05, 0) is 62.4 Å². The molecule has 3 aromatic carbocycles. The van der Waals surface area contributed by atoms with Crippen LogP contribution in [0.1, 0.15) is 35.3 Å². The van der Waals surface area contributed by atoms with Gasteiger partial charge in [-0.3, -0.25) is 10.2 Å². The SMILES string of the molecule is COc1ccc(C(C)=NNC(=O)c2ccc(NN=C(C)c3ccc(OC)cc3O)cc2)c(O)c1. The molecule has 34 heavy (non-hydrogen) atoms. The minimum absolute atomic E-state index is 0.00378. The molecule has 9 heteroatoms. The molecular weight excluding hydrogens is 436 g/mol. The van der Waals surface area contributed by atoms with Gasteiger partial charge in [0.2, 0.25) is 0 Å². The van der Waals surface area contributed by atoms with Crippen molar-refractivity contribution in [3.63, 3.8) is 0 Å². The van der Waals surface area contributed by atoms with Crippen LogP contribution >= 0.6 is 0 Å². The van der Waals surface area contributed by atoms with Crippen LogP contribution < -0.4 is 20.3 Å². The lowest BCUT2D eigenvalue weighted by Crippen LogP contribution is -2.19. The molecule has 0 atom stereocenters. The second kappa shape index (κ2) is 10.9. The molecule has 0 aliphatic carbocycles. The summed E-state index contributed by atoms with van der Waals surface area (Å²) in [6, 6.07) is 16.5. The van der Waals surface area contributed by atoms with Crippen molar-refractivity contribution in [2.45, 2.75) is 13.8 Å². The summed E-state index contributed by atoms with van der Waals surface area (Å²) < 4.78 is 10.1. The summed E-state index contributed by atoms with van der Waals surface area (Å²) in [6.07, 6.45) is 0. The van der Waals surface area contributed by atoms with Crippen LogP contribution in [0.25, 0.3) is 0 Å². The van der Waals surface area contributed by atoms with Gasteiger partial charge in [-0.1, -0.05) is 0 Å². The number of benzene rings is 3. The predicted molar refractivity (Wildman–Crippen MR) is 131 cm³/mol. The van der Waals surface area contributed by atoms with Crippen LogP contribution in [0, 0.1) is 0 Å². The number of carbonyl (C=O) groups is 1. The summed E-state index contributed by atoms with van der Waals surface area (Å²) in [4.78, 5) is 12.4. The van der Waals surface area contributed by atoms with Gasteiger partial charge in [-0.2, -0.15) is 10.2 Å². The molecule has 0 saturated carbocycles. The van der Waals surface area contributed by atoms with Crippen LogP contribution in [0.5, 0.6) is 23.0 Å². The van der Waals surface area contributed by atoms with E-state index in [2.05, 4.69) is 21.1 Å². The van der Waals surface area contributed by atoms with Gasteiger partial charge >= 0.3 is 0 Å². The van der Waals surface area contributed by atoms with Gasteiger partial charge < -0.3 is 19.7 Å². The molecule has 0 radical (unpaired) electrons. The van der Waals surface area contributed by atoms with Crippen LogP contribution in [0.3, 0.4) is 0 Å². The van der Waals surface area contributed by atoms with E-state index in [0.717, 1.165) is 0 Å². The van der Waals surface area contributed by atoms with Crippen molar-refractivity contribution < 1.29 is 24.5 Å². The van der Waals surface area contributed by atoms with Gasteiger partial charge in [0.1, 0.15) is 23.0 Å². The number of rotatable bonds is 8. The van der Waals surface area contributed by atoms with E-state index in [0.29, 0.717) is 45.3 Å². The number of hydrazone groups is 2. The zero-order valence-corrected chi connectivity index (χ0v) is 19.3. The van der Waals surface area contributed by atoms with Gasteiger partial charge in [0, 0.05) is 28.8 Å². The molecule has 0 saturated heterocycles. The highest BCUT2D eigenvalue weighted by Gasteiger charge is 2.09. The molecule has 9 nitrogen and oxygen atoms in total. The summed E-state index contributed by atoms with van der Waals surface area (Å²) in [7, 11) is 3.04. The van der Waals surface area contributed by atoms with Gasteiger partial charge in [0.15, 0.2) is 0 Å². The quantitative estimate of drug-likeness (QED) is 0.295. The molecule has 0 fully saturated rings. The summed E-state index contributed by atoms with van der Waals surface area (Å²) in [5.41, 5.74) is 8.51. The molecule has 3 aromatic rings. The third kappa shape index (κ3) is 5.83. The van der Waals surface area contributed by atoms with Crippen molar-refractivity contribution in [1.82, 2.24) is 5.43 Å². The Morgan fingerprint density at radius 1 is 0.765 bits per heavy atom. The molecule has 0 bridgehead atoms. The van der Waals surface area contributed by atoms with E-state index < -0.39 is 5.91 Å². The summed E-state index contributed by atoms with van der Waals surface area (Å²) in [6.45, 7) is 3.44. The average molecular weight is 463 g/mol. The average Bonchev–Trinajstić information content (AvgIpc) is 2.85. The normalized spacial score (nSPS) is 11.6. The predicted octanol–water partition coefficient (Wildman–Crippen LogP) is 4.11. The first-order valence-corrected chi connectivity index (χ1v) is 10.3. The van der Waals surface area contributed by atoms with Crippen molar-refractivity contribution in [3.05, 3.63) is 77.4 Å². The van der Waals surface area contributed by atoms with Crippen LogP contribution in [0.2, 0.25) is 0 Å². The monoisotopic (exact) mass is 462 g/mol. The fourth-order valence-corrected chi connectivity index (χ4v) is 3.05. The maximum absolute atomic E-state index is 12.4. The number of hydrogen-bond donors (Lipinski definition) is 4. The largest absolute Gasteiger partial charge is 0.507 e. The number of methoxy groups -OCH3 is 2. The smallest absolute Gasteiger partial charge is 0.271 e. The molecule has 3 rings (SSSR count). The first-order chi connectivity index (χ1) is 16.3. The molecule has 0 heterocycles. The fraction of sp³-hybridized carbons (Fsp3) is 0.160. The van der Waals surface area contributed by atoms with E-state index in [4.69, 9.17) is 9.47 Å². The van der Waals surface area contributed by atoms with Crippen molar-refractivity contribution in [2.75, 3.05) is 19.6 Å².